The van der Waals surface area contributed by atoms with Gasteiger partial charge in [-0.25, -0.2) is 0 Å². The molecule has 5 heteroatoms. The molecule has 5 nitrogen and oxygen atoms in total. The minimum Gasteiger partial charge on any atom is -0.488 e. The van der Waals surface area contributed by atoms with E-state index in [0.717, 1.165) is 30.0 Å². The molecular weight excluding hydrogens is 266 g/mol. The molecule has 1 aromatic carbocycles. The standard InChI is InChI=1S/C16H23N3O2/c1-13-4-5-16(15(8-13)10-17-6-7-20-3)21-12-14-9-18-19(2)11-14/h4-5,8-9,11,17H,6-7,10,12H2,1-3H3. The monoisotopic (exact) mass is 289 g/mol. The van der Waals surface area contributed by atoms with E-state index in [-0.39, 0.29) is 0 Å². The first-order valence-electron chi connectivity index (χ1n) is 7.08. The highest BCUT2D eigenvalue weighted by Gasteiger charge is 2.05. The number of methoxy groups -OCH3 is 1. The molecule has 2 aromatic rings. The van der Waals surface area contributed by atoms with Crippen LogP contribution in [0.4, 0.5) is 0 Å². The third-order valence-electron chi connectivity index (χ3n) is 3.17. The van der Waals surface area contributed by atoms with E-state index in [1.165, 1.54) is 5.56 Å². The molecule has 0 amide bonds. The number of rotatable bonds is 8. The van der Waals surface area contributed by atoms with Crippen LogP contribution in [0.2, 0.25) is 0 Å². The van der Waals surface area contributed by atoms with E-state index in [1.54, 1.807) is 11.8 Å². The van der Waals surface area contributed by atoms with Crippen molar-refractivity contribution in [3.05, 3.63) is 47.3 Å². The van der Waals surface area contributed by atoms with Crippen molar-refractivity contribution >= 4 is 0 Å². The van der Waals surface area contributed by atoms with Crippen molar-refractivity contribution in [3.8, 4) is 5.75 Å². The third-order valence-corrected chi connectivity index (χ3v) is 3.17. The number of aromatic nitrogens is 2. The molecule has 0 radical (unpaired) electrons. The Labute approximate surface area is 125 Å². The van der Waals surface area contributed by atoms with E-state index < -0.39 is 0 Å². The first-order valence-corrected chi connectivity index (χ1v) is 7.08. The second-order valence-electron chi connectivity index (χ2n) is 5.09. The van der Waals surface area contributed by atoms with Crippen molar-refractivity contribution in [2.75, 3.05) is 20.3 Å². The van der Waals surface area contributed by atoms with Crippen molar-refractivity contribution in [1.29, 1.82) is 0 Å². The number of benzene rings is 1. The third kappa shape index (κ3) is 4.88. The first-order chi connectivity index (χ1) is 10.2. The second kappa shape index (κ2) is 7.81. The molecule has 1 N–H and O–H groups in total. The Morgan fingerprint density at radius 2 is 2.19 bits per heavy atom. The molecule has 0 aliphatic rings. The predicted octanol–water partition coefficient (Wildman–Crippen LogP) is 2.04. The predicted molar refractivity (Wildman–Crippen MR) is 82.3 cm³/mol. The maximum atomic E-state index is 5.92. The lowest BCUT2D eigenvalue weighted by molar-refractivity contribution is 0.199. The fourth-order valence-electron chi connectivity index (χ4n) is 2.09. The van der Waals surface area contributed by atoms with Gasteiger partial charge in [0.25, 0.3) is 0 Å². The topological polar surface area (TPSA) is 48.3 Å². The number of aryl methyl sites for hydroxylation is 2. The van der Waals surface area contributed by atoms with Crippen LogP contribution in [0.1, 0.15) is 16.7 Å². The van der Waals surface area contributed by atoms with Gasteiger partial charge in [0, 0.05) is 44.6 Å². The van der Waals surface area contributed by atoms with E-state index in [4.69, 9.17) is 9.47 Å². The summed E-state index contributed by atoms with van der Waals surface area (Å²) in [5.74, 6) is 0.911. The zero-order valence-electron chi connectivity index (χ0n) is 12.9. The smallest absolute Gasteiger partial charge is 0.124 e. The quantitative estimate of drug-likeness (QED) is 0.756. The number of hydrogen-bond acceptors (Lipinski definition) is 4. The van der Waals surface area contributed by atoms with E-state index in [2.05, 4.69) is 29.5 Å². The summed E-state index contributed by atoms with van der Waals surface area (Å²) in [5.41, 5.74) is 3.46. The Hall–Kier alpha value is -1.85. The SMILES string of the molecule is COCCNCc1cc(C)ccc1OCc1cnn(C)c1. The molecule has 0 aliphatic carbocycles. The van der Waals surface area contributed by atoms with Gasteiger partial charge in [0.1, 0.15) is 12.4 Å². The number of ether oxygens (including phenoxy) is 2. The summed E-state index contributed by atoms with van der Waals surface area (Å²) in [4.78, 5) is 0. The van der Waals surface area contributed by atoms with Gasteiger partial charge in [-0.1, -0.05) is 17.7 Å². The normalized spacial score (nSPS) is 10.8. The molecule has 0 saturated heterocycles. The van der Waals surface area contributed by atoms with Crippen molar-refractivity contribution in [3.63, 3.8) is 0 Å². The molecule has 0 spiro atoms. The van der Waals surface area contributed by atoms with Gasteiger partial charge in [0.2, 0.25) is 0 Å². The van der Waals surface area contributed by atoms with Crippen LogP contribution in [0.25, 0.3) is 0 Å². The van der Waals surface area contributed by atoms with E-state index >= 15 is 0 Å². The molecular formula is C16H23N3O2. The van der Waals surface area contributed by atoms with Crippen LogP contribution >= 0.6 is 0 Å². The second-order valence-corrected chi connectivity index (χ2v) is 5.09. The molecule has 1 aromatic heterocycles. The molecule has 21 heavy (non-hydrogen) atoms. The molecule has 0 bridgehead atoms. The molecule has 0 atom stereocenters. The number of nitrogens with zero attached hydrogens (tertiary/aromatic N) is 2. The molecule has 0 aliphatic heterocycles. The Balaban J connectivity index is 1.97. The lowest BCUT2D eigenvalue weighted by atomic mass is 10.1. The summed E-state index contributed by atoms with van der Waals surface area (Å²) < 4.78 is 12.7. The summed E-state index contributed by atoms with van der Waals surface area (Å²) >= 11 is 0. The van der Waals surface area contributed by atoms with Crippen LogP contribution < -0.4 is 10.1 Å². The number of nitrogens with one attached hydrogen (secondary N) is 1. The highest BCUT2D eigenvalue weighted by atomic mass is 16.5. The maximum absolute atomic E-state index is 5.92. The van der Waals surface area contributed by atoms with Crippen LogP contribution in [-0.4, -0.2) is 30.0 Å². The highest BCUT2D eigenvalue weighted by Crippen LogP contribution is 2.21. The van der Waals surface area contributed by atoms with Gasteiger partial charge < -0.3 is 14.8 Å². The molecule has 2 rings (SSSR count). The zero-order valence-corrected chi connectivity index (χ0v) is 12.9. The van der Waals surface area contributed by atoms with Crippen LogP contribution in [0, 0.1) is 6.92 Å². The van der Waals surface area contributed by atoms with E-state index in [1.807, 2.05) is 25.5 Å². The van der Waals surface area contributed by atoms with Gasteiger partial charge in [0.15, 0.2) is 0 Å². The first kappa shape index (κ1) is 15.5. The van der Waals surface area contributed by atoms with Crippen molar-refractivity contribution < 1.29 is 9.47 Å². The Bertz CT molecular complexity index is 566. The number of hydrogen-bond donors (Lipinski definition) is 1. The lowest BCUT2D eigenvalue weighted by Gasteiger charge is -2.12. The molecule has 0 unspecified atom stereocenters. The van der Waals surface area contributed by atoms with E-state index in [9.17, 15) is 0 Å². The Morgan fingerprint density at radius 1 is 1.33 bits per heavy atom. The maximum Gasteiger partial charge on any atom is 0.124 e. The van der Waals surface area contributed by atoms with Crippen LogP contribution in [0.15, 0.2) is 30.6 Å². The minimum atomic E-state index is 0.530. The summed E-state index contributed by atoms with van der Waals surface area (Å²) in [6, 6.07) is 6.24. The summed E-state index contributed by atoms with van der Waals surface area (Å²) in [6.07, 6.45) is 3.79. The van der Waals surface area contributed by atoms with Gasteiger partial charge in [-0.2, -0.15) is 5.10 Å². The van der Waals surface area contributed by atoms with Crippen LogP contribution in [0.5, 0.6) is 5.75 Å². The lowest BCUT2D eigenvalue weighted by Crippen LogP contribution is -2.19. The van der Waals surface area contributed by atoms with Gasteiger partial charge in [-0.3, -0.25) is 4.68 Å². The van der Waals surface area contributed by atoms with Crippen LogP contribution in [0.3, 0.4) is 0 Å². The fraction of sp³-hybridized carbons (Fsp3) is 0.438. The molecule has 0 saturated carbocycles. The fourth-order valence-corrected chi connectivity index (χ4v) is 2.09. The Kier molecular flexibility index (Phi) is 5.78. The average molecular weight is 289 g/mol. The highest BCUT2D eigenvalue weighted by molar-refractivity contribution is 5.37. The summed E-state index contributed by atoms with van der Waals surface area (Å²) in [6.45, 7) is 4.92. The minimum absolute atomic E-state index is 0.530. The van der Waals surface area contributed by atoms with Gasteiger partial charge >= 0.3 is 0 Å². The molecule has 0 fully saturated rings. The van der Waals surface area contributed by atoms with Crippen molar-refractivity contribution in [1.82, 2.24) is 15.1 Å². The zero-order chi connectivity index (χ0) is 15.1. The molecule has 114 valence electrons. The van der Waals surface area contributed by atoms with Crippen molar-refractivity contribution in [2.45, 2.75) is 20.1 Å². The van der Waals surface area contributed by atoms with Crippen molar-refractivity contribution in [2.24, 2.45) is 7.05 Å². The van der Waals surface area contributed by atoms with Crippen LogP contribution in [-0.2, 0) is 24.9 Å². The largest absolute Gasteiger partial charge is 0.488 e. The summed E-state index contributed by atoms with van der Waals surface area (Å²) in [7, 11) is 3.61. The average Bonchev–Trinajstić information content (AvgIpc) is 2.88. The summed E-state index contributed by atoms with van der Waals surface area (Å²) in [5, 5.41) is 7.50. The molecule has 1 heterocycles. The Morgan fingerprint density at radius 3 is 2.90 bits per heavy atom. The van der Waals surface area contributed by atoms with Gasteiger partial charge in [-0.05, 0) is 13.0 Å². The van der Waals surface area contributed by atoms with Gasteiger partial charge in [0.05, 0.1) is 12.8 Å². The van der Waals surface area contributed by atoms with E-state index in [0.29, 0.717) is 13.2 Å². The van der Waals surface area contributed by atoms with Gasteiger partial charge in [-0.15, -0.1) is 0 Å².